The summed E-state index contributed by atoms with van der Waals surface area (Å²) in [5.74, 6) is 0. The Balaban J connectivity index is -0.00000000214. The molecule has 0 amide bonds. The van der Waals surface area contributed by atoms with Gasteiger partial charge < -0.3 is 38.1 Å². The Morgan fingerprint density at radius 3 is 0.909 bits per heavy atom. The molecule has 83 valence electrons. The summed E-state index contributed by atoms with van der Waals surface area (Å²) < 4.78 is 0. The second-order valence-corrected chi connectivity index (χ2v) is 0.238. The fraction of sp³-hybridized carbons (Fsp3) is 0. The van der Waals surface area contributed by atoms with Gasteiger partial charge in [0.25, 0.3) is 5.09 Å². The van der Waals surface area contributed by atoms with Crippen molar-refractivity contribution in [2.75, 3.05) is 0 Å². The maximum absolute atomic E-state index is 8.36. The van der Waals surface area contributed by atoms with E-state index in [1.165, 1.54) is 0 Å². The Kier molecular flexibility index (Phi) is 1260. The van der Waals surface area contributed by atoms with Crippen LogP contribution in [0.25, 0.3) is 0 Å². The topological polar surface area (TPSA) is 252 Å². The molecular formula is H13AgNO9. The molecule has 0 spiro atoms. The van der Waals surface area contributed by atoms with Crippen molar-refractivity contribution in [3.05, 3.63) is 10.1 Å². The van der Waals surface area contributed by atoms with Gasteiger partial charge >= 0.3 is 0 Å². The van der Waals surface area contributed by atoms with Crippen molar-refractivity contribution >= 4 is 0 Å². The minimum absolute atomic E-state index is 0. The minimum Gasteiger partial charge on any atom is -0.412 e. The summed E-state index contributed by atoms with van der Waals surface area (Å²) in [6.07, 6.45) is 0. The van der Waals surface area contributed by atoms with Crippen LogP contribution in [0.15, 0.2) is 0 Å². The molecule has 11 heavy (non-hydrogen) atoms. The smallest absolute Gasteiger partial charge is 0.291 e. The first-order chi connectivity index (χ1) is 1.73. The van der Waals surface area contributed by atoms with Crippen LogP contribution in [0.2, 0.25) is 0 Å². The van der Waals surface area contributed by atoms with Gasteiger partial charge in [0.05, 0.1) is 0 Å². The summed E-state index contributed by atoms with van der Waals surface area (Å²) in [6.45, 7) is 0. The molecule has 11 heteroatoms. The quantitative estimate of drug-likeness (QED) is 0.259. The van der Waals surface area contributed by atoms with Crippen molar-refractivity contribution in [3.8, 4) is 0 Å². The maximum Gasteiger partial charge on any atom is 0.291 e. The second kappa shape index (κ2) is 101. The predicted molar refractivity (Wildman–Crippen MR) is 30.5 cm³/mol. The van der Waals surface area contributed by atoms with Gasteiger partial charge in [-0.15, -0.1) is 10.1 Å². The molecule has 0 fully saturated rings. The molecule has 0 unspecified atom stereocenters. The van der Waals surface area contributed by atoms with Crippen LogP contribution in [-0.4, -0.2) is 43.2 Å². The molecule has 0 bridgehead atoms. The summed E-state index contributed by atoms with van der Waals surface area (Å²) in [5.41, 5.74) is 0. The second-order valence-electron chi connectivity index (χ2n) is 0.238. The van der Waals surface area contributed by atoms with Gasteiger partial charge in [0.1, 0.15) is 0 Å². The first kappa shape index (κ1) is 138. The standard InChI is InChI=1S/Ag.HNO3.6H2O/c;2-1(3)4;;;;;;/h;(H,2,3,4);6*1H2. The molecule has 0 heterocycles. The van der Waals surface area contributed by atoms with Crippen LogP contribution in [-0.2, 0) is 22.4 Å². The van der Waals surface area contributed by atoms with Crippen molar-refractivity contribution in [1.82, 2.24) is 0 Å². The molecular weight excluding hydrogens is 266 g/mol. The van der Waals surface area contributed by atoms with Crippen molar-refractivity contribution in [1.29, 1.82) is 0 Å². The fourth-order valence-electron chi connectivity index (χ4n) is 0. The van der Waals surface area contributed by atoms with Gasteiger partial charge in [-0.1, -0.05) is 0 Å². The summed E-state index contributed by atoms with van der Waals surface area (Å²) in [6, 6.07) is 0. The van der Waals surface area contributed by atoms with E-state index in [-0.39, 0.29) is 55.2 Å². The van der Waals surface area contributed by atoms with E-state index in [0.29, 0.717) is 0 Å². The average molecular weight is 279 g/mol. The zero-order chi connectivity index (χ0) is 3.58. The van der Waals surface area contributed by atoms with E-state index in [9.17, 15) is 0 Å². The molecule has 0 rings (SSSR count). The first-order valence-electron chi connectivity index (χ1n) is 0.565. The van der Waals surface area contributed by atoms with Crippen molar-refractivity contribution in [2.24, 2.45) is 0 Å². The van der Waals surface area contributed by atoms with Gasteiger partial charge in [-0.3, -0.25) is 0 Å². The van der Waals surface area contributed by atoms with E-state index < -0.39 is 5.09 Å². The Morgan fingerprint density at radius 1 is 0.909 bits per heavy atom. The molecule has 1 radical (unpaired) electrons. The van der Waals surface area contributed by atoms with Gasteiger partial charge in [-0.25, -0.2) is 0 Å². The Hall–Kier alpha value is -0.300. The van der Waals surface area contributed by atoms with Crippen molar-refractivity contribution in [3.63, 3.8) is 0 Å². The number of nitrogens with zero attached hydrogens (tertiary/aromatic N) is 1. The molecule has 0 saturated heterocycles. The molecule has 10 nitrogen and oxygen atoms in total. The van der Waals surface area contributed by atoms with Gasteiger partial charge in [-0.05, 0) is 0 Å². The minimum atomic E-state index is -1.50. The van der Waals surface area contributed by atoms with Crippen LogP contribution in [0.5, 0.6) is 0 Å². The van der Waals surface area contributed by atoms with Crippen LogP contribution in [0.4, 0.5) is 0 Å². The molecule has 0 aliphatic heterocycles. The van der Waals surface area contributed by atoms with Crippen LogP contribution >= 0.6 is 0 Å². The molecule has 0 aliphatic rings. The number of hydrogen-bond acceptors (Lipinski definition) is 2. The van der Waals surface area contributed by atoms with Crippen LogP contribution in [0, 0.1) is 10.1 Å². The van der Waals surface area contributed by atoms with Crippen molar-refractivity contribution in [2.45, 2.75) is 0 Å². The average Bonchev–Trinajstić information content (AvgIpc) is 0.811. The molecule has 13 N–H and O–H groups in total. The third-order valence-electron chi connectivity index (χ3n) is 0. The summed E-state index contributed by atoms with van der Waals surface area (Å²) in [4.78, 5) is 8.36. The van der Waals surface area contributed by atoms with Gasteiger partial charge in [-0.2, -0.15) is 0 Å². The number of rotatable bonds is 0. The van der Waals surface area contributed by atoms with Crippen LogP contribution < -0.4 is 0 Å². The molecule has 0 aromatic carbocycles. The van der Waals surface area contributed by atoms with E-state index >= 15 is 0 Å². The fourth-order valence-corrected chi connectivity index (χ4v) is 0. The number of hydrogen-bond donors (Lipinski definition) is 1. The maximum atomic E-state index is 8.36. The van der Waals surface area contributed by atoms with Gasteiger partial charge in [0.2, 0.25) is 0 Å². The predicted octanol–water partition coefficient (Wildman–Crippen LogP) is -5.30. The molecule has 0 aromatic heterocycles. The zero-order valence-electron chi connectivity index (χ0n) is 5.01. The van der Waals surface area contributed by atoms with E-state index in [1.807, 2.05) is 0 Å². The molecule has 0 atom stereocenters. The third kappa shape index (κ3) is 6400. The van der Waals surface area contributed by atoms with E-state index in [1.54, 1.807) is 0 Å². The summed E-state index contributed by atoms with van der Waals surface area (Å²) in [5, 5.41) is 13.6. The monoisotopic (exact) mass is 278 g/mol. The summed E-state index contributed by atoms with van der Waals surface area (Å²) >= 11 is 0. The first-order valence-corrected chi connectivity index (χ1v) is 0.565. The SMILES string of the molecule is O.O.O.O.O.O.O=[N+]([O-])O.[Ag]. The third-order valence-corrected chi connectivity index (χ3v) is 0. The van der Waals surface area contributed by atoms with E-state index in [4.69, 9.17) is 15.3 Å². The largest absolute Gasteiger partial charge is 0.412 e. The van der Waals surface area contributed by atoms with Crippen LogP contribution in [0.1, 0.15) is 0 Å². The molecule has 0 aromatic rings. The zero-order valence-corrected chi connectivity index (χ0v) is 6.49. The summed E-state index contributed by atoms with van der Waals surface area (Å²) in [7, 11) is 0. The molecule has 0 saturated carbocycles. The van der Waals surface area contributed by atoms with E-state index in [2.05, 4.69) is 0 Å². The Morgan fingerprint density at radius 2 is 0.909 bits per heavy atom. The van der Waals surface area contributed by atoms with Gasteiger partial charge in [0.15, 0.2) is 0 Å². The van der Waals surface area contributed by atoms with Crippen molar-refractivity contribution < 1.29 is 65.5 Å². The normalized spacial score (nSPS) is 2.18. The Bertz CT molecular complexity index is 32.5. The van der Waals surface area contributed by atoms with Gasteiger partial charge in [0, 0.05) is 22.4 Å². The molecule has 0 aliphatic carbocycles. The Labute approximate surface area is 76.3 Å². The van der Waals surface area contributed by atoms with E-state index in [0.717, 1.165) is 0 Å². The van der Waals surface area contributed by atoms with Crippen LogP contribution in [0.3, 0.4) is 0 Å².